The van der Waals surface area contributed by atoms with Crippen LogP contribution in [0.15, 0.2) is 29.6 Å². The highest BCUT2D eigenvalue weighted by atomic mass is 32.1. The molecule has 2 rings (SSSR count). The van der Waals surface area contributed by atoms with Gasteiger partial charge in [-0.05, 0) is 36.1 Å². The summed E-state index contributed by atoms with van der Waals surface area (Å²) in [6, 6.07) is 6.02. The van der Waals surface area contributed by atoms with Crippen LogP contribution in [0.1, 0.15) is 30.8 Å². The number of halogens is 1. The molecule has 0 aliphatic carbocycles. The average molecular weight is 322 g/mol. The minimum atomic E-state index is -0.301. The number of nitrogens with one attached hydrogen (secondary N) is 1. The summed E-state index contributed by atoms with van der Waals surface area (Å²) in [5.74, 6) is -0.542. The topological polar surface area (TPSA) is 62.2 Å². The summed E-state index contributed by atoms with van der Waals surface area (Å²) in [5, 5.41) is 14.2. The Morgan fingerprint density at radius 3 is 2.68 bits per heavy atom. The van der Waals surface area contributed by atoms with E-state index < -0.39 is 0 Å². The van der Waals surface area contributed by atoms with E-state index in [1.807, 2.05) is 13.8 Å². The van der Waals surface area contributed by atoms with Gasteiger partial charge in [0, 0.05) is 24.1 Å². The number of carbonyl (C=O) groups excluding carboxylic acids is 1. The zero-order valence-electron chi connectivity index (χ0n) is 12.6. The summed E-state index contributed by atoms with van der Waals surface area (Å²) >= 11 is 1.35. The highest BCUT2D eigenvalue weighted by molar-refractivity contribution is 7.13. The molecule has 6 heteroatoms. The predicted molar refractivity (Wildman–Crippen MR) is 85.3 cm³/mol. The van der Waals surface area contributed by atoms with E-state index in [0.717, 1.165) is 5.56 Å². The number of amides is 1. The first-order chi connectivity index (χ1) is 10.4. The largest absolute Gasteiger partial charge is 0.396 e. The Morgan fingerprint density at radius 1 is 1.36 bits per heavy atom. The van der Waals surface area contributed by atoms with E-state index >= 15 is 0 Å². The van der Waals surface area contributed by atoms with Crippen molar-refractivity contribution in [2.24, 2.45) is 5.41 Å². The van der Waals surface area contributed by atoms with Crippen molar-refractivity contribution in [3.8, 4) is 10.6 Å². The molecule has 1 amide bonds. The highest BCUT2D eigenvalue weighted by Crippen LogP contribution is 2.24. The molecule has 4 nitrogen and oxygen atoms in total. The molecule has 0 radical (unpaired) electrons. The number of carbonyl (C=O) groups is 1. The van der Waals surface area contributed by atoms with Gasteiger partial charge in [0.1, 0.15) is 16.5 Å². The van der Waals surface area contributed by atoms with Gasteiger partial charge in [0.15, 0.2) is 0 Å². The van der Waals surface area contributed by atoms with Crippen LogP contribution >= 0.6 is 11.3 Å². The molecule has 0 spiro atoms. The lowest BCUT2D eigenvalue weighted by molar-refractivity contribution is 0.0924. The molecule has 0 aliphatic heterocycles. The van der Waals surface area contributed by atoms with Crippen LogP contribution in [0.5, 0.6) is 0 Å². The van der Waals surface area contributed by atoms with Gasteiger partial charge in [0.2, 0.25) is 0 Å². The molecule has 1 aromatic carbocycles. The standard InChI is InChI=1S/C16H19FN2O2S/c1-16(2,7-8-20)10-18-14(21)13-9-22-15(19-13)11-3-5-12(17)6-4-11/h3-6,9,20H,7-8,10H2,1-2H3,(H,18,21). The summed E-state index contributed by atoms with van der Waals surface area (Å²) in [5.41, 5.74) is 0.968. The van der Waals surface area contributed by atoms with Crippen LogP contribution in [0, 0.1) is 11.2 Å². The number of aliphatic hydroxyl groups excluding tert-OH is 1. The Balaban J connectivity index is 2.02. The highest BCUT2D eigenvalue weighted by Gasteiger charge is 2.19. The monoisotopic (exact) mass is 322 g/mol. The van der Waals surface area contributed by atoms with Gasteiger partial charge in [-0.15, -0.1) is 11.3 Å². The van der Waals surface area contributed by atoms with Crippen molar-refractivity contribution in [2.75, 3.05) is 13.2 Å². The maximum absolute atomic E-state index is 12.9. The molecule has 1 heterocycles. The van der Waals surface area contributed by atoms with Crippen molar-refractivity contribution in [3.63, 3.8) is 0 Å². The van der Waals surface area contributed by atoms with Gasteiger partial charge < -0.3 is 10.4 Å². The molecule has 2 N–H and O–H groups in total. The van der Waals surface area contributed by atoms with Crippen molar-refractivity contribution in [1.82, 2.24) is 10.3 Å². The zero-order chi connectivity index (χ0) is 16.2. The maximum atomic E-state index is 12.9. The molecule has 0 unspecified atom stereocenters. The molecule has 0 bridgehead atoms. The molecular weight excluding hydrogens is 303 g/mol. The SMILES string of the molecule is CC(C)(CCO)CNC(=O)c1csc(-c2ccc(F)cc2)n1. The third-order valence-corrected chi connectivity index (χ3v) is 4.24. The van der Waals surface area contributed by atoms with Gasteiger partial charge >= 0.3 is 0 Å². The van der Waals surface area contributed by atoms with Crippen molar-refractivity contribution < 1.29 is 14.3 Å². The normalized spacial score (nSPS) is 11.5. The van der Waals surface area contributed by atoms with Crippen LogP contribution in [0.2, 0.25) is 0 Å². The smallest absolute Gasteiger partial charge is 0.270 e. The van der Waals surface area contributed by atoms with Crippen LogP contribution in [0.3, 0.4) is 0 Å². The third kappa shape index (κ3) is 4.35. The maximum Gasteiger partial charge on any atom is 0.270 e. The third-order valence-electron chi connectivity index (χ3n) is 3.34. The lowest BCUT2D eigenvalue weighted by atomic mass is 9.90. The lowest BCUT2D eigenvalue weighted by Gasteiger charge is -2.23. The van der Waals surface area contributed by atoms with E-state index in [2.05, 4.69) is 10.3 Å². The van der Waals surface area contributed by atoms with Gasteiger partial charge in [-0.3, -0.25) is 4.79 Å². The summed E-state index contributed by atoms with van der Waals surface area (Å²) in [7, 11) is 0. The van der Waals surface area contributed by atoms with Crippen molar-refractivity contribution >= 4 is 17.2 Å². The van der Waals surface area contributed by atoms with Crippen LogP contribution in [0.25, 0.3) is 10.6 Å². The zero-order valence-corrected chi connectivity index (χ0v) is 13.4. The van der Waals surface area contributed by atoms with Gasteiger partial charge in [0.05, 0.1) is 0 Å². The molecule has 0 atom stereocenters. The van der Waals surface area contributed by atoms with E-state index in [1.54, 1.807) is 17.5 Å². The second-order valence-corrected chi connectivity index (χ2v) is 6.72. The van der Waals surface area contributed by atoms with Gasteiger partial charge in [-0.2, -0.15) is 0 Å². The Hall–Kier alpha value is -1.79. The lowest BCUT2D eigenvalue weighted by Crippen LogP contribution is -2.34. The molecule has 0 aliphatic rings. The molecule has 22 heavy (non-hydrogen) atoms. The van der Waals surface area contributed by atoms with Crippen LogP contribution in [0.4, 0.5) is 4.39 Å². The number of aliphatic hydroxyl groups is 1. The van der Waals surface area contributed by atoms with Crippen molar-refractivity contribution in [2.45, 2.75) is 20.3 Å². The minimum absolute atomic E-state index is 0.0916. The number of rotatable bonds is 6. The number of benzene rings is 1. The number of hydrogen-bond donors (Lipinski definition) is 2. The van der Waals surface area contributed by atoms with Crippen LogP contribution < -0.4 is 5.32 Å². The van der Waals surface area contributed by atoms with Gasteiger partial charge in [0.25, 0.3) is 5.91 Å². The second kappa shape index (κ2) is 6.98. The molecule has 118 valence electrons. The van der Waals surface area contributed by atoms with Crippen LogP contribution in [-0.2, 0) is 0 Å². The Morgan fingerprint density at radius 2 is 2.05 bits per heavy atom. The number of nitrogens with zero attached hydrogens (tertiary/aromatic N) is 1. The fourth-order valence-corrected chi connectivity index (χ4v) is 2.71. The minimum Gasteiger partial charge on any atom is -0.396 e. The van der Waals surface area contributed by atoms with E-state index in [9.17, 15) is 9.18 Å². The molecule has 0 saturated heterocycles. The van der Waals surface area contributed by atoms with Crippen molar-refractivity contribution in [1.29, 1.82) is 0 Å². The van der Waals surface area contributed by atoms with E-state index in [0.29, 0.717) is 23.7 Å². The van der Waals surface area contributed by atoms with E-state index in [-0.39, 0.29) is 23.7 Å². The fourth-order valence-electron chi connectivity index (χ4n) is 1.90. The second-order valence-electron chi connectivity index (χ2n) is 5.87. The Labute approximate surface area is 133 Å². The number of aromatic nitrogens is 1. The van der Waals surface area contributed by atoms with Crippen LogP contribution in [-0.4, -0.2) is 29.1 Å². The molecule has 0 fully saturated rings. The predicted octanol–water partition coefficient (Wildman–Crippen LogP) is 3.09. The summed E-state index contributed by atoms with van der Waals surface area (Å²) in [4.78, 5) is 16.4. The average Bonchev–Trinajstić information content (AvgIpc) is 2.95. The molecule has 2 aromatic rings. The Kier molecular flexibility index (Phi) is 5.26. The fraction of sp³-hybridized carbons (Fsp3) is 0.375. The van der Waals surface area contributed by atoms with Crippen molar-refractivity contribution in [3.05, 3.63) is 41.2 Å². The number of thiazole rings is 1. The summed E-state index contributed by atoms with van der Waals surface area (Å²) in [6.45, 7) is 4.52. The quantitative estimate of drug-likeness (QED) is 0.859. The summed E-state index contributed by atoms with van der Waals surface area (Å²) < 4.78 is 12.9. The van der Waals surface area contributed by atoms with Gasteiger partial charge in [-0.1, -0.05) is 13.8 Å². The van der Waals surface area contributed by atoms with Gasteiger partial charge in [-0.25, -0.2) is 9.37 Å². The first-order valence-corrected chi connectivity index (χ1v) is 7.90. The van der Waals surface area contributed by atoms with E-state index in [4.69, 9.17) is 5.11 Å². The Bertz CT molecular complexity index is 638. The first kappa shape index (κ1) is 16.6. The molecule has 1 aromatic heterocycles. The summed E-state index contributed by atoms with van der Waals surface area (Å²) in [6.07, 6.45) is 0.616. The molecular formula is C16H19FN2O2S. The first-order valence-electron chi connectivity index (χ1n) is 7.02. The molecule has 0 saturated carbocycles. The number of hydrogen-bond acceptors (Lipinski definition) is 4. The van der Waals surface area contributed by atoms with E-state index in [1.165, 1.54) is 23.5 Å².